The van der Waals surface area contributed by atoms with Gasteiger partial charge in [0.1, 0.15) is 17.4 Å². The van der Waals surface area contributed by atoms with Gasteiger partial charge in [-0.1, -0.05) is 0 Å². The summed E-state index contributed by atoms with van der Waals surface area (Å²) in [6.45, 7) is 0.513. The van der Waals surface area contributed by atoms with Crippen LogP contribution in [-0.4, -0.2) is 15.0 Å². The molecule has 1 heterocycles. The number of hydrogen-bond acceptors (Lipinski definition) is 3. The number of ether oxygens (including phenoxy) is 1. The number of hydrogen-bond donors (Lipinski definition) is 1. The van der Waals surface area contributed by atoms with Gasteiger partial charge in [-0.2, -0.15) is 0 Å². The fourth-order valence-electron chi connectivity index (χ4n) is 2.11. The lowest BCUT2D eigenvalue weighted by atomic mass is 10.2. The number of fused-ring (bicyclic) bond motifs is 1. The van der Waals surface area contributed by atoms with Crippen LogP contribution < -0.4 is 9.46 Å². The van der Waals surface area contributed by atoms with Gasteiger partial charge >= 0.3 is 0 Å². The minimum absolute atomic E-state index is 0.00970. The van der Waals surface area contributed by atoms with Gasteiger partial charge in [0.2, 0.25) is 0 Å². The molecule has 1 N–H and O–H groups in total. The standard InChI is InChI=1S/C14H11F2NO3S/c15-10-1-3-13(12(16)8-10)17-21(18,19)11-2-4-14-9(7-11)5-6-20-14/h1-4,7-8,17H,5-6H2. The summed E-state index contributed by atoms with van der Waals surface area (Å²) in [7, 11) is -3.94. The summed E-state index contributed by atoms with van der Waals surface area (Å²) in [6.07, 6.45) is 0.629. The van der Waals surface area contributed by atoms with Crippen LogP contribution in [0.5, 0.6) is 5.75 Å². The molecule has 0 amide bonds. The molecule has 21 heavy (non-hydrogen) atoms. The second kappa shape index (κ2) is 5.00. The monoisotopic (exact) mass is 311 g/mol. The Hall–Kier alpha value is -2.15. The van der Waals surface area contributed by atoms with E-state index in [9.17, 15) is 17.2 Å². The maximum absolute atomic E-state index is 13.5. The van der Waals surface area contributed by atoms with Crippen molar-refractivity contribution in [3.63, 3.8) is 0 Å². The molecule has 0 bridgehead atoms. The number of benzene rings is 2. The Morgan fingerprint density at radius 2 is 1.90 bits per heavy atom. The molecular formula is C14H11F2NO3S. The Bertz CT molecular complexity index is 806. The third-order valence-corrected chi connectivity index (χ3v) is 4.51. The van der Waals surface area contributed by atoms with Crippen LogP contribution >= 0.6 is 0 Å². The maximum Gasteiger partial charge on any atom is 0.262 e. The Morgan fingerprint density at radius 1 is 1.10 bits per heavy atom. The topological polar surface area (TPSA) is 55.4 Å². The number of sulfonamides is 1. The predicted octanol–water partition coefficient (Wildman–Crippen LogP) is 2.70. The van der Waals surface area contributed by atoms with Crippen molar-refractivity contribution in [1.29, 1.82) is 0 Å². The van der Waals surface area contributed by atoms with E-state index in [1.54, 1.807) is 6.07 Å². The Morgan fingerprint density at radius 3 is 2.67 bits per heavy atom. The first-order valence-electron chi connectivity index (χ1n) is 6.19. The van der Waals surface area contributed by atoms with Crippen LogP contribution in [0.4, 0.5) is 14.5 Å². The molecule has 0 unspecified atom stereocenters. The molecule has 110 valence electrons. The van der Waals surface area contributed by atoms with E-state index < -0.39 is 21.7 Å². The van der Waals surface area contributed by atoms with E-state index in [1.807, 2.05) is 0 Å². The second-order valence-corrected chi connectivity index (χ2v) is 6.28. The molecule has 0 atom stereocenters. The van der Waals surface area contributed by atoms with Crippen molar-refractivity contribution in [2.45, 2.75) is 11.3 Å². The molecule has 2 aromatic carbocycles. The van der Waals surface area contributed by atoms with Crippen LogP contribution in [0.1, 0.15) is 5.56 Å². The largest absolute Gasteiger partial charge is 0.493 e. The highest BCUT2D eigenvalue weighted by Crippen LogP contribution is 2.28. The van der Waals surface area contributed by atoms with E-state index in [0.29, 0.717) is 24.8 Å². The average Bonchev–Trinajstić information content (AvgIpc) is 2.89. The van der Waals surface area contributed by atoms with E-state index >= 15 is 0 Å². The SMILES string of the molecule is O=S(=O)(Nc1ccc(F)cc1F)c1ccc2c(c1)CCO2. The molecule has 3 rings (SSSR count). The lowest BCUT2D eigenvalue weighted by molar-refractivity contribution is 0.356. The molecule has 4 nitrogen and oxygen atoms in total. The Balaban J connectivity index is 1.93. The molecule has 1 aliphatic heterocycles. The first-order chi connectivity index (χ1) is 9.95. The van der Waals surface area contributed by atoms with Crippen molar-refractivity contribution in [2.24, 2.45) is 0 Å². The van der Waals surface area contributed by atoms with Crippen LogP contribution in [0.2, 0.25) is 0 Å². The third-order valence-electron chi connectivity index (χ3n) is 3.15. The second-order valence-electron chi connectivity index (χ2n) is 4.60. The van der Waals surface area contributed by atoms with Crippen LogP contribution in [0, 0.1) is 11.6 Å². The van der Waals surface area contributed by atoms with Gasteiger partial charge in [-0.25, -0.2) is 17.2 Å². The number of halogens is 2. The van der Waals surface area contributed by atoms with Crippen molar-refractivity contribution in [2.75, 3.05) is 11.3 Å². The van der Waals surface area contributed by atoms with Gasteiger partial charge in [0.25, 0.3) is 10.0 Å². The van der Waals surface area contributed by atoms with Crippen LogP contribution in [0.3, 0.4) is 0 Å². The Labute approximate surface area is 120 Å². The minimum atomic E-state index is -3.94. The first kappa shape index (κ1) is 13.8. The van der Waals surface area contributed by atoms with Gasteiger partial charge < -0.3 is 4.74 Å². The zero-order chi connectivity index (χ0) is 15.0. The fourth-order valence-corrected chi connectivity index (χ4v) is 3.22. The van der Waals surface area contributed by atoms with Gasteiger partial charge in [0, 0.05) is 12.5 Å². The molecule has 0 aliphatic carbocycles. The molecule has 0 fully saturated rings. The highest BCUT2D eigenvalue weighted by Gasteiger charge is 2.20. The zero-order valence-corrected chi connectivity index (χ0v) is 11.6. The van der Waals surface area contributed by atoms with Crippen molar-refractivity contribution in [3.8, 4) is 5.75 Å². The summed E-state index contributed by atoms with van der Waals surface area (Å²) in [5.74, 6) is -1.09. The van der Waals surface area contributed by atoms with Crippen LogP contribution in [0.15, 0.2) is 41.3 Å². The summed E-state index contributed by atoms with van der Waals surface area (Å²) in [5.41, 5.74) is 0.491. The van der Waals surface area contributed by atoms with Gasteiger partial charge in [-0.3, -0.25) is 4.72 Å². The predicted molar refractivity (Wildman–Crippen MR) is 72.8 cm³/mol. The smallest absolute Gasteiger partial charge is 0.262 e. The molecule has 2 aromatic rings. The van der Waals surface area contributed by atoms with Crippen LogP contribution in [0.25, 0.3) is 0 Å². The zero-order valence-electron chi connectivity index (χ0n) is 10.8. The molecular weight excluding hydrogens is 300 g/mol. The van der Waals surface area contributed by atoms with Crippen molar-refractivity contribution in [1.82, 2.24) is 0 Å². The van der Waals surface area contributed by atoms with Gasteiger partial charge in [-0.05, 0) is 35.9 Å². The van der Waals surface area contributed by atoms with E-state index in [-0.39, 0.29) is 10.6 Å². The average molecular weight is 311 g/mol. The molecule has 0 aromatic heterocycles. The third kappa shape index (κ3) is 2.69. The van der Waals surface area contributed by atoms with E-state index in [0.717, 1.165) is 17.7 Å². The van der Waals surface area contributed by atoms with Crippen LogP contribution in [-0.2, 0) is 16.4 Å². The summed E-state index contributed by atoms with van der Waals surface area (Å²) in [4.78, 5) is 0.00970. The lowest BCUT2D eigenvalue weighted by Crippen LogP contribution is -2.14. The molecule has 0 radical (unpaired) electrons. The van der Waals surface area contributed by atoms with E-state index in [1.165, 1.54) is 12.1 Å². The number of anilines is 1. The summed E-state index contributed by atoms with van der Waals surface area (Å²) < 4.78 is 58.2. The quantitative estimate of drug-likeness (QED) is 0.948. The van der Waals surface area contributed by atoms with Gasteiger partial charge in [-0.15, -0.1) is 0 Å². The summed E-state index contributed by atoms with van der Waals surface area (Å²) >= 11 is 0. The summed E-state index contributed by atoms with van der Waals surface area (Å²) in [6, 6.07) is 7.09. The fraction of sp³-hybridized carbons (Fsp3) is 0.143. The van der Waals surface area contributed by atoms with Crippen molar-refractivity contribution >= 4 is 15.7 Å². The molecule has 1 aliphatic rings. The highest BCUT2D eigenvalue weighted by molar-refractivity contribution is 7.92. The molecule has 0 spiro atoms. The van der Waals surface area contributed by atoms with Gasteiger partial charge in [0.15, 0.2) is 0 Å². The summed E-state index contributed by atoms with van der Waals surface area (Å²) in [5, 5.41) is 0. The van der Waals surface area contributed by atoms with Crippen molar-refractivity contribution in [3.05, 3.63) is 53.6 Å². The Kier molecular flexibility index (Phi) is 3.29. The number of nitrogens with one attached hydrogen (secondary N) is 1. The molecule has 7 heteroatoms. The highest BCUT2D eigenvalue weighted by atomic mass is 32.2. The molecule has 0 saturated carbocycles. The van der Waals surface area contributed by atoms with Crippen molar-refractivity contribution < 1.29 is 21.9 Å². The molecule has 0 saturated heterocycles. The van der Waals surface area contributed by atoms with E-state index in [2.05, 4.69) is 4.72 Å². The maximum atomic E-state index is 13.5. The normalized spacial score (nSPS) is 13.6. The van der Waals surface area contributed by atoms with Gasteiger partial charge in [0.05, 0.1) is 17.2 Å². The minimum Gasteiger partial charge on any atom is -0.493 e. The number of rotatable bonds is 3. The van der Waals surface area contributed by atoms with E-state index in [4.69, 9.17) is 4.74 Å². The lowest BCUT2D eigenvalue weighted by Gasteiger charge is -2.10. The first-order valence-corrected chi connectivity index (χ1v) is 7.68.